The SMILES string of the molecule is C1=CCC=C1.O.[Mn]. The molecule has 0 aromatic heterocycles. The molecule has 0 aliphatic heterocycles. The molecule has 1 aliphatic carbocycles. The van der Waals surface area contributed by atoms with Crippen molar-refractivity contribution in [3.63, 3.8) is 0 Å². The van der Waals surface area contributed by atoms with Gasteiger partial charge in [-0.3, -0.25) is 0 Å². The minimum absolute atomic E-state index is 0. The van der Waals surface area contributed by atoms with Gasteiger partial charge in [-0.05, 0) is 6.42 Å². The van der Waals surface area contributed by atoms with Gasteiger partial charge >= 0.3 is 0 Å². The standard InChI is InChI=1S/C5H6.Mn.H2O/c1-2-4-5-3-1;;/h1-4H,5H2;;1H2. The Bertz CT molecular complexity index is 66.1. The van der Waals surface area contributed by atoms with Crippen LogP contribution in [0, 0.1) is 0 Å². The Morgan fingerprint density at radius 2 is 1.43 bits per heavy atom. The fraction of sp³-hybridized carbons (Fsp3) is 0.200. The molecule has 0 saturated carbocycles. The van der Waals surface area contributed by atoms with Crippen LogP contribution in [0.15, 0.2) is 24.3 Å². The minimum Gasteiger partial charge on any atom is -0.412 e. The van der Waals surface area contributed by atoms with Gasteiger partial charge in [0, 0.05) is 17.1 Å². The Labute approximate surface area is 53.9 Å². The van der Waals surface area contributed by atoms with Gasteiger partial charge in [-0.15, -0.1) is 0 Å². The Morgan fingerprint density at radius 1 is 1.00 bits per heavy atom. The zero-order valence-electron chi connectivity index (χ0n) is 3.89. The van der Waals surface area contributed by atoms with Crippen molar-refractivity contribution in [1.82, 2.24) is 0 Å². The average Bonchev–Trinajstić information content (AvgIpc) is 1.76. The molecule has 0 spiro atoms. The summed E-state index contributed by atoms with van der Waals surface area (Å²) in [6.07, 6.45) is 9.50. The normalized spacial score (nSPS) is 12.6. The summed E-state index contributed by atoms with van der Waals surface area (Å²) in [6.45, 7) is 0. The van der Waals surface area contributed by atoms with Gasteiger partial charge in [0.2, 0.25) is 0 Å². The van der Waals surface area contributed by atoms with Crippen molar-refractivity contribution in [2.24, 2.45) is 0 Å². The smallest absolute Gasteiger partial charge is 0 e. The van der Waals surface area contributed by atoms with Crippen LogP contribution in [0.25, 0.3) is 0 Å². The number of hydrogen-bond acceptors (Lipinski definition) is 0. The molecule has 0 atom stereocenters. The first kappa shape index (κ1) is 10.0. The first-order valence-electron chi connectivity index (χ1n) is 1.82. The van der Waals surface area contributed by atoms with Gasteiger partial charge in [-0.1, -0.05) is 24.3 Å². The van der Waals surface area contributed by atoms with Crippen molar-refractivity contribution in [1.29, 1.82) is 0 Å². The van der Waals surface area contributed by atoms with Crippen LogP contribution in [0.5, 0.6) is 0 Å². The predicted octanol–water partition coefficient (Wildman–Crippen LogP) is 0.675. The number of allylic oxidation sites excluding steroid dienone is 4. The Balaban J connectivity index is 0. The van der Waals surface area contributed by atoms with Crippen LogP contribution in [0.2, 0.25) is 0 Å². The third-order valence-corrected chi connectivity index (χ3v) is 0.655. The summed E-state index contributed by atoms with van der Waals surface area (Å²) < 4.78 is 0. The fourth-order valence-corrected chi connectivity index (χ4v) is 0.393. The molecule has 0 heterocycles. The van der Waals surface area contributed by atoms with E-state index in [9.17, 15) is 0 Å². The number of rotatable bonds is 0. The summed E-state index contributed by atoms with van der Waals surface area (Å²) in [5, 5.41) is 0. The van der Waals surface area contributed by atoms with E-state index >= 15 is 0 Å². The summed E-state index contributed by atoms with van der Waals surface area (Å²) in [5.74, 6) is 0. The predicted molar refractivity (Wildman–Crippen MR) is 26.5 cm³/mol. The van der Waals surface area contributed by atoms with Crippen LogP contribution in [0.4, 0.5) is 0 Å². The Hall–Kier alpha value is -0.0405. The van der Waals surface area contributed by atoms with Crippen LogP contribution >= 0.6 is 0 Å². The van der Waals surface area contributed by atoms with Gasteiger partial charge in [-0.25, -0.2) is 0 Å². The third kappa shape index (κ3) is 3.80. The molecule has 0 aromatic rings. The maximum atomic E-state index is 2.12. The van der Waals surface area contributed by atoms with Gasteiger partial charge in [-0.2, -0.15) is 0 Å². The van der Waals surface area contributed by atoms with E-state index in [1.54, 1.807) is 0 Å². The largest absolute Gasteiger partial charge is 0.412 e. The molecule has 0 unspecified atom stereocenters. The molecular weight excluding hydrogens is 131 g/mol. The Morgan fingerprint density at radius 3 is 1.57 bits per heavy atom. The summed E-state index contributed by atoms with van der Waals surface area (Å²) in [6, 6.07) is 0. The third-order valence-electron chi connectivity index (χ3n) is 0.655. The van der Waals surface area contributed by atoms with Crippen molar-refractivity contribution in [3.8, 4) is 0 Å². The second-order valence-corrected chi connectivity index (χ2v) is 1.09. The summed E-state index contributed by atoms with van der Waals surface area (Å²) >= 11 is 0. The fourth-order valence-electron chi connectivity index (χ4n) is 0.393. The van der Waals surface area contributed by atoms with E-state index in [1.165, 1.54) is 0 Å². The van der Waals surface area contributed by atoms with Crippen LogP contribution in [0.3, 0.4) is 0 Å². The van der Waals surface area contributed by atoms with E-state index in [0.29, 0.717) is 0 Å². The maximum absolute atomic E-state index is 2.12. The zero-order chi connectivity index (χ0) is 3.54. The van der Waals surface area contributed by atoms with Crippen molar-refractivity contribution in [3.05, 3.63) is 24.3 Å². The molecule has 0 fully saturated rings. The average molecular weight is 139 g/mol. The zero-order valence-corrected chi connectivity index (χ0v) is 5.07. The quantitative estimate of drug-likeness (QED) is 0.442. The second-order valence-electron chi connectivity index (χ2n) is 1.09. The van der Waals surface area contributed by atoms with E-state index in [1.807, 2.05) is 0 Å². The first-order chi connectivity index (χ1) is 2.50. The molecule has 1 rings (SSSR count). The van der Waals surface area contributed by atoms with Gasteiger partial charge in [0.05, 0.1) is 0 Å². The molecule has 41 valence electrons. The van der Waals surface area contributed by atoms with Gasteiger partial charge in [0.1, 0.15) is 0 Å². The van der Waals surface area contributed by atoms with Gasteiger partial charge in [0.25, 0.3) is 0 Å². The van der Waals surface area contributed by atoms with Crippen molar-refractivity contribution in [2.75, 3.05) is 0 Å². The van der Waals surface area contributed by atoms with E-state index in [4.69, 9.17) is 0 Å². The van der Waals surface area contributed by atoms with Crippen LogP contribution in [0.1, 0.15) is 6.42 Å². The maximum Gasteiger partial charge on any atom is 0 e. The summed E-state index contributed by atoms with van der Waals surface area (Å²) in [7, 11) is 0. The topological polar surface area (TPSA) is 31.5 Å². The Kier molecular flexibility index (Phi) is 8.56. The summed E-state index contributed by atoms with van der Waals surface area (Å²) in [5.41, 5.74) is 0. The van der Waals surface area contributed by atoms with Crippen LogP contribution < -0.4 is 0 Å². The molecule has 0 bridgehead atoms. The van der Waals surface area contributed by atoms with Crippen molar-refractivity contribution in [2.45, 2.75) is 6.42 Å². The number of hydrogen-bond donors (Lipinski definition) is 0. The molecular formula is C5H8MnO. The monoisotopic (exact) mass is 139 g/mol. The van der Waals surface area contributed by atoms with E-state index < -0.39 is 0 Å². The molecule has 2 heteroatoms. The minimum atomic E-state index is 0. The second kappa shape index (κ2) is 5.96. The molecule has 1 nitrogen and oxygen atoms in total. The van der Waals surface area contributed by atoms with Crippen molar-refractivity contribution >= 4 is 0 Å². The summed E-state index contributed by atoms with van der Waals surface area (Å²) in [4.78, 5) is 0. The van der Waals surface area contributed by atoms with Crippen LogP contribution in [-0.4, -0.2) is 5.48 Å². The molecule has 0 aromatic carbocycles. The molecule has 2 N–H and O–H groups in total. The van der Waals surface area contributed by atoms with Gasteiger partial charge in [0.15, 0.2) is 0 Å². The van der Waals surface area contributed by atoms with E-state index in [0.717, 1.165) is 6.42 Å². The van der Waals surface area contributed by atoms with E-state index in [2.05, 4.69) is 24.3 Å². The molecule has 0 amide bonds. The molecule has 1 radical (unpaired) electrons. The molecule has 0 saturated heterocycles. The van der Waals surface area contributed by atoms with E-state index in [-0.39, 0.29) is 22.5 Å². The van der Waals surface area contributed by atoms with Crippen molar-refractivity contribution < 1.29 is 22.5 Å². The van der Waals surface area contributed by atoms with Crippen LogP contribution in [-0.2, 0) is 17.1 Å². The molecule has 7 heavy (non-hydrogen) atoms. The van der Waals surface area contributed by atoms with Gasteiger partial charge < -0.3 is 5.48 Å². The molecule has 1 aliphatic rings. The first-order valence-corrected chi connectivity index (χ1v) is 1.82.